The fourth-order valence-corrected chi connectivity index (χ4v) is 4.12. The van der Waals surface area contributed by atoms with Crippen molar-refractivity contribution in [1.82, 2.24) is 9.88 Å². The van der Waals surface area contributed by atoms with Crippen LogP contribution in [0.15, 0.2) is 12.3 Å². The maximum atomic E-state index is 6.27. The summed E-state index contributed by atoms with van der Waals surface area (Å²) in [5.74, 6) is 0.904. The van der Waals surface area contributed by atoms with Crippen molar-refractivity contribution in [1.29, 1.82) is 0 Å². The van der Waals surface area contributed by atoms with Crippen LogP contribution < -0.4 is 0 Å². The van der Waals surface area contributed by atoms with Crippen LogP contribution in [0.25, 0.3) is 0 Å². The molecule has 1 aliphatic carbocycles. The third kappa shape index (κ3) is 3.07. The molecule has 0 unspecified atom stereocenters. The van der Waals surface area contributed by atoms with Gasteiger partial charge in [0, 0.05) is 29.4 Å². The molecule has 4 heteroatoms. The third-order valence-corrected chi connectivity index (χ3v) is 5.19. The fourth-order valence-electron chi connectivity index (χ4n) is 3.70. The first-order chi connectivity index (χ1) is 9.24. The smallest absolute Gasteiger partial charge is 0.130 e. The molecular weight excluding hydrogens is 279 g/mol. The zero-order valence-electron chi connectivity index (χ0n) is 11.1. The second-order valence-electron chi connectivity index (χ2n) is 5.82. The molecule has 3 rings (SSSR count). The summed E-state index contributed by atoms with van der Waals surface area (Å²) >= 11 is 12.1. The van der Waals surface area contributed by atoms with Gasteiger partial charge < -0.3 is 0 Å². The van der Waals surface area contributed by atoms with E-state index >= 15 is 0 Å². The van der Waals surface area contributed by atoms with Gasteiger partial charge in [0.2, 0.25) is 0 Å². The molecule has 0 amide bonds. The summed E-state index contributed by atoms with van der Waals surface area (Å²) in [7, 11) is 0. The predicted molar refractivity (Wildman–Crippen MR) is 79.6 cm³/mol. The van der Waals surface area contributed by atoms with Gasteiger partial charge in [0.1, 0.15) is 5.15 Å². The molecule has 1 aromatic heterocycles. The van der Waals surface area contributed by atoms with Gasteiger partial charge in [-0.25, -0.2) is 4.98 Å². The molecule has 0 radical (unpaired) electrons. The Kier molecular flexibility index (Phi) is 4.30. The van der Waals surface area contributed by atoms with Gasteiger partial charge in [0.15, 0.2) is 0 Å². The first-order valence-corrected chi connectivity index (χ1v) is 8.03. The first-order valence-electron chi connectivity index (χ1n) is 7.28. The van der Waals surface area contributed by atoms with E-state index in [2.05, 4.69) is 9.88 Å². The molecular formula is C15H20Cl2N2. The number of halogens is 2. The average molecular weight is 299 g/mol. The number of rotatable bonds is 2. The largest absolute Gasteiger partial charge is 0.296 e. The Labute approximate surface area is 125 Å². The molecule has 1 saturated carbocycles. The van der Waals surface area contributed by atoms with E-state index < -0.39 is 0 Å². The quantitative estimate of drug-likeness (QED) is 0.745. The fraction of sp³-hybridized carbons (Fsp3) is 0.667. The number of fused-ring (bicyclic) bond motifs is 1. The molecule has 1 aromatic rings. The minimum atomic E-state index is 0.475. The molecule has 0 bridgehead atoms. The van der Waals surface area contributed by atoms with E-state index in [1.54, 1.807) is 6.07 Å². The van der Waals surface area contributed by atoms with E-state index in [9.17, 15) is 0 Å². The highest BCUT2D eigenvalue weighted by atomic mass is 35.5. The summed E-state index contributed by atoms with van der Waals surface area (Å²) in [4.78, 5) is 6.78. The molecule has 0 N–H and O–H groups in total. The van der Waals surface area contributed by atoms with Crippen LogP contribution in [-0.4, -0.2) is 22.5 Å². The van der Waals surface area contributed by atoms with Crippen molar-refractivity contribution in [3.8, 4) is 0 Å². The molecule has 2 heterocycles. The topological polar surface area (TPSA) is 16.1 Å². The van der Waals surface area contributed by atoms with Crippen LogP contribution in [0.4, 0.5) is 0 Å². The van der Waals surface area contributed by atoms with Crippen molar-refractivity contribution in [3.63, 3.8) is 0 Å². The standard InChI is InChI=1S/C15H20Cl2N2/c16-13-8-15(17)18-9-12(13)10-19-7-3-5-11-4-1-2-6-14(11)19/h8-9,11,14H,1-7,10H2/t11-,14-/m1/s1. The maximum Gasteiger partial charge on any atom is 0.130 e. The van der Waals surface area contributed by atoms with Gasteiger partial charge in [-0.3, -0.25) is 4.90 Å². The molecule has 0 aromatic carbocycles. The SMILES string of the molecule is Clc1cc(Cl)c(CN2CCC[C@H]3CCCC[C@H]32)cn1. The second kappa shape index (κ2) is 5.99. The van der Waals surface area contributed by atoms with E-state index in [0.29, 0.717) is 5.15 Å². The van der Waals surface area contributed by atoms with Crippen molar-refractivity contribution in [2.24, 2.45) is 5.92 Å². The molecule has 19 heavy (non-hydrogen) atoms. The van der Waals surface area contributed by atoms with Crippen molar-refractivity contribution in [2.75, 3.05) is 6.54 Å². The van der Waals surface area contributed by atoms with Gasteiger partial charge in [-0.15, -0.1) is 0 Å². The number of pyridine rings is 1. The lowest BCUT2D eigenvalue weighted by molar-refractivity contribution is 0.0546. The summed E-state index contributed by atoms with van der Waals surface area (Å²) in [6.07, 6.45) is 10.1. The van der Waals surface area contributed by atoms with Gasteiger partial charge in [-0.1, -0.05) is 36.0 Å². The van der Waals surface area contributed by atoms with E-state index in [1.807, 2.05) is 6.20 Å². The summed E-state index contributed by atoms with van der Waals surface area (Å²) in [6, 6.07) is 2.51. The van der Waals surface area contributed by atoms with Crippen molar-refractivity contribution < 1.29 is 0 Å². The van der Waals surface area contributed by atoms with E-state index in [4.69, 9.17) is 23.2 Å². The molecule has 2 nitrogen and oxygen atoms in total. The van der Waals surface area contributed by atoms with Crippen molar-refractivity contribution in [3.05, 3.63) is 28.0 Å². The summed E-state index contributed by atoms with van der Waals surface area (Å²) in [5.41, 5.74) is 1.11. The maximum absolute atomic E-state index is 6.27. The van der Waals surface area contributed by atoms with Crippen LogP contribution in [0, 0.1) is 5.92 Å². The minimum absolute atomic E-state index is 0.475. The lowest BCUT2D eigenvalue weighted by Crippen LogP contribution is -2.46. The van der Waals surface area contributed by atoms with Crippen LogP contribution in [0.2, 0.25) is 10.2 Å². The van der Waals surface area contributed by atoms with Gasteiger partial charge >= 0.3 is 0 Å². The minimum Gasteiger partial charge on any atom is -0.296 e. The highest BCUT2D eigenvalue weighted by Crippen LogP contribution is 2.36. The normalized spacial score (nSPS) is 28.1. The predicted octanol–water partition coefficient (Wildman–Crippen LogP) is 4.54. The van der Waals surface area contributed by atoms with Gasteiger partial charge in [-0.2, -0.15) is 0 Å². The number of nitrogens with zero attached hydrogens (tertiary/aromatic N) is 2. The molecule has 2 fully saturated rings. The number of hydrogen-bond donors (Lipinski definition) is 0. The number of hydrogen-bond acceptors (Lipinski definition) is 2. The van der Waals surface area contributed by atoms with Gasteiger partial charge in [-0.05, 0) is 44.2 Å². The molecule has 2 atom stereocenters. The van der Waals surface area contributed by atoms with Crippen molar-refractivity contribution in [2.45, 2.75) is 51.1 Å². The first kappa shape index (κ1) is 13.7. The van der Waals surface area contributed by atoms with Gasteiger partial charge in [0.25, 0.3) is 0 Å². The highest BCUT2D eigenvalue weighted by Gasteiger charge is 2.33. The summed E-state index contributed by atoms with van der Waals surface area (Å²) in [6.45, 7) is 2.12. The highest BCUT2D eigenvalue weighted by molar-refractivity contribution is 6.34. The van der Waals surface area contributed by atoms with Crippen molar-refractivity contribution >= 4 is 23.2 Å². The third-order valence-electron chi connectivity index (χ3n) is 4.63. The van der Waals surface area contributed by atoms with Crippen LogP contribution in [-0.2, 0) is 6.54 Å². The Hall–Kier alpha value is -0.310. The number of piperidine rings is 1. The van der Waals surface area contributed by atoms with Gasteiger partial charge in [0.05, 0.1) is 0 Å². The summed E-state index contributed by atoms with van der Waals surface area (Å²) < 4.78 is 0. The zero-order valence-corrected chi connectivity index (χ0v) is 12.6. The van der Waals surface area contributed by atoms with Crippen LogP contribution in [0.1, 0.15) is 44.1 Å². The average Bonchev–Trinajstić information content (AvgIpc) is 2.42. The van der Waals surface area contributed by atoms with E-state index in [0.717, 1.165) is 29.1 Å². The molecule has 0 spiro atoms. The van der Waals surface area contributed by atoms with E-state index in [1.165, 1.54) is 45.1 Å². The molecule has 104 valence electrons. The lowest BCUT2D eigenvalue weighted by Gasteiger charge is -2.44. The van der Waals surface area contributed by atoms with Crippen LogP contribution in [0.5, 0.6) is 0 Å². The zero-order chi connectivity index (χ0) is 13.2. The Bertz CT molecular complexity index is 448. The van der Waals surface area contributed by atoms with E-state index in [-0.39, 0.29) is 0 Å². The summed E-state index contributed by atoms with van der Waals surface area (Å²) in [5, 5.41) is 1.22. The van der Waals surface area contributed by atoms with Crippen LogP contribution >= 0.6 is 23.2 Å². The molecule has 1 saturated heterocycles. The molecule has 2 aliphatic rings. The molecule has 1 aliphatic heterocycles. The van der Waals surface area contributed by atoms with Crippen LogP contribution in [0.3, 0.4) is 0 Å². The number of aromatic nitrogens is 1. The Balaban J connectivity index is 1.74. The Morgan fingerprint density at radius 3 is 2.79 bits per heavy atom. The monoisotopic (exact) mass is 298 g/mol. The number of likely N-dealkylation sites (tertiary alicyclic amines) is 1. The Morgan fingerprint density at radius 1 is 1.16 bits per heavy atom. The second-order valence-corrected chi connectivity index (χ2v) is 6.62. The lowest BCUT2D eigenvalue weighted by atomic mass is 9.78. The Morgan fingerprint density at radius 2 is 1.95 bits per heavy atom.